The number of aromatic nitrogens is 1. The van der Waals surface area contributed by atoms with Crippen LogP contribution in [0.25, 0.3) is 10.9 Å². The van der Waals surface area contributed by atoms with Gasteiger partial charge in [0.15, 0.2) is 12.0 Å². The Kier molecular flexibility index (Phi) is 11.5. The number of hydrogen-bond acceptors (Lipinski definition) is 7. The maximum absolute atomic E-state index is 15.5. The van der Waals surface area contributed by atoms with Gasteiger partial charge in [-0.05, 0) is 69.2 Å². The van der Waals surface area contributed by atoms with Gasteiger partial charge in [-0.25, -0.2) is 4.39 Å². The van der Waals surface area contributed by atoms with Crippen LogP contribution in [0.2, 0.25) is 5.02 Å². The first-order chi connectivity index (χ1) is 22.2. The van der Waals surface area contributed by atoms with Crippen LogP contribution >= 0.6 is 11.6 Å². The van der Waals surface area contributed by atoms with Crippen LogP contribution in [0.1, 0.15) is 68.3 Å². The number of rotatable bonds is 13. The summed E-state index contributed by atoms with van der Waals surface area (Å²) in [5.41, 5.74) is 1.58. The van der Waals surface area contributed by atoms with Crippen LogP contribution in [-0.2, 0) is 37.3 Å². The van der Waals surface area contributed by atoms with Crippen LogP contribution in [0.15, 0.2) is 42.6 Å². The van der Waals surface area contributed by atoms with Crippen molar-refractivity contribution in [3.05, 3.63) is 64.6 Å². The van der Waals surface area contributed by atoms with Gasteiger partial charge in [-0.15, -0.1) is 0 Å². The molecule has 2 aliphatic rings. The molecule has 2 fully saturated rings. The van der Waals surface area contributed by atoms with Crippen LogP contribution in [0.5, 0.6) is 0 Å². The zero-order valence-corrected chi connectivity index (χ0v) is 27.5. The summed E-state index contributed by atoms with van der Waals surface area (Å²) < 4.78 is 34.9. The quantitative estimate of drug-likeness (QED) is 0.216. The second-order valence-corrected chi connectivity index (χ2v) is 12.6. The molecule has 0 radical (unpaired) electrons. The molecule has 2 atom stereocenters. The number of esters is 1. The van der Waals surface area contributed by atoms with E-state index in [9.17, 15) is 14.4 Å². The van der Waals surface area contributed by atoms with Crippen molar-refractivity contribution in [3.63, 3.8) is 0 Å². The molecule has 1 amide bonds. The minimum Gasteiger partial charge on any atom is -0.466 e. The molecule has 46 heavy (non-hydrogen) atoms. The number of nitrogens with zero attached hydrogens (tertiary/aromatic N) is 2. The number of ketones is 1. The first kappa shape index (κ1) is 34.0. The largest absolute Gasteiger partial charge is 0.466 e. The van der Waals surface area contributed by atoms with Crippen LogP contribution in [0.3, 0.4) is 0 Å². The van der Waals surface area contributed by atoms with Crippen LogP contribution in [0.4, 0.5) is 10.1 Å². The van der Waals surface area contributed by atoms with E-state index in [-0.39, 0.29) is 52.6 Å². The maximum atomic E-state index is 15.5. The number of nitrogens with one attached hydrogen (secondary N) is 1. The Balaban J connectivity index is 1.28. The highest BCUT2D eigenvalue weighted by Gasteiger charge is 2.37. The summed E-state index contributed by atoms with van der Waals surface area (Å²) >= 11 is 6.54. The van der Waals surface area contributed by atoms with Gasteiger partial charge in [0.2, 0.25) is 0 Å². The smallest absolute Gasteiger partial charge is 0.308 e. The molecule has 1 unspecified atom stereocenters. The standard InChI is InChI=1S/C35H43ClFN3O6/c1-4-16-45-25-14-15-40(20-25)34(46-24-12-10-22(11-13-24)35(43)44-5-2)32(41)18-23-17-28(36)30(19-29(23)37)38-33(42)27-21-39(3)31-9-7-6-8-26(27)31/h6-9,17,19,21-22,24-25,34H,4-5,10-16,18,20H2,1-3H3,(H,38,42)/t22?,24?,25-,34?/m0/s1. The number of anilines is 1. The molecular formula is C35H43ClFN3O6. The number of Topliss-reactive ketones (excluding diaryl/α,β-unsaturated/α-hetero) is 1. The molecule has 0 spiro atoms. The molecule has 0 bridgehead atoms. The highest BCUT2D eigenvalue weighted by Crippen LogP contribution is 2.32. The molecule has 2 heterocycles. The second-order valence-electron chi connectivity index (χ2n) is 12.2. The van der Waals surface area contributed by atoms with Crippen molar-refractivity contribution in [1.29, 1.82) is 0 Å². The maximum Gasteiger partial charge on any atom is 0.308 e. The van der Waals surface area contributed by atoms with Crippen molar-refractivity contribution in [2.24, 2.45) is 13.0 Å². The molecule has 11 heteroatoms. The number of carbonyl (C=O) groups is 3. The molecular weight excluding hydrogens is 613 g/mol. The summed E-state index contributed by atoms with van der Waals surface area (Å²) in [5, 5.41) is 3.62. The van der Waals surface area contributed by atoms with Crippen molar-refractivity contribution in [3.8, 4) is 0 Å². The lowest BCUT2D eigenvalue weighted by molar-refractivity contribution is -0.159. The van der Waals surface area contributed by atoms with Crippen molar-refractivity contribution >= 4 is 45.9 Å². The van der Waals surface area contributed by atoms with E-state index in [1.165, 1.54) is 6.07 Å². The Morgan fingerprint density at radius 3 is 2.57 bits per heavy atom. The van der Waals surface area contributed by atoms with Gasteiger partial charge in [0.25, 0.3) is 5.91 Å². The first-order valence-electron chi connectivity index (χ1n) is 16.2. The molecule has 1 saturated heterocycles. The second kappa shape index (κ2) is 15.5. The fourth-order valence-corrected chi connectivity index (χ4v) is 6.67. The summed E-state index contributed by atoms with van der Waals surface area (Å²) in [6.07, 6.45) is 4.56. The number of para-hydroxylation sites is 1. The predicted molar refractivity (Wildman–Crippen MR) is 174 cm³/mol. The first-order valence-corrected chi connectivity index (χ1v) is 16.6. The number of fused-ring (bicyclic) bond motifs is 1. The Morgan fingerprint density at radius 2 is 1.83 bits per heavy atom. The van der Waals surface area contributed by atoms with Crippen molar-refractivity contribution < 1.29 is 33.0 Å². The minimum absolute atomic E-state index is 0.00536. The summed E-state index contributed by atoms with van der Waals surface area (Å²) in [7, 11) is 1.85. The third-order valence-electron chi connectivity index (χ3n) is 8.85. The summed E-state index contributed by atoms with van der Waals surface area (Å²) in [6.45, 7) is 5.99. The highest BCUT2D eigenvalue weighted by atomic mass is 35.5. The number of aryl methyl sites for hydroxylation is 1. The number of likely N-dealkylation sites (tertiary alicyclic amines) is 1. The van der Waals surface area contributed by atoms with E-state index in [0.717, 1.165) is 29.8 Å². The summed E-state index contributed by atoms with van der Waals surface area (Å²) in [5.74, 6) is -1.70. The third-order valence-corrected chi connectivity index (χ3v) is 9.16. The lowest BCUT2D eigenvalue weighted by Gasteiger charge is -2.34. The van der Waals surface area contributed by atoms with E-state index < -0.39 is 18.0 Å². The molecule has 5 rings (SSSR count). The summed E-state index contributed by atoms with van der Waals surface area (Å²) in [6, 6.07) is 10.1. The average Bonchev–Trinajstić information content (AvgIpc) is 3.66. The van der Waals surface area contributed by atoms with E-state index >= 15 is 4.39 Å². The molecule has 248 valence electrons. The molecule has 1 saturated carbocycles. The molecule has 3 aromatic rings. The predicted octanol–water partition coefficient (Wildman–Crippen LogP) is 6.30. The van der Waals surface area contributed by atoms with E-state index in [1.54, 1.807) is 13.1 Å². The van der Waals surface area contributed by atoms with Gasteiger partial charge in [0, 0.05) is 50.3 Å². The highest BCUT2D eigenvalue weighted by molar-refractivity contribution is 6.34. The lowest BCUT2D eigenvalue weighted by Crippen LogP contribution is -2.46. The van der Waals surface area contributed by atoms with Gasteiger partial charge < -0.3 is 24.1 Å². The monoisotopic (exact) mass is 655 g/mol. The number of benzene rings is 2. The average molecular weight is 656 g/mol. The SMILES string of the molecule is CCCO[C@H]1CCN(C(OC2CCC(C(=O)OCC)CC2)C(=O)Cc2cc(Cl)c(NC(=O)c3cn(C)c4ccccc34)cc2F)C1. The third kappa shape index (κ3) is 7.97. The minimum atomic E-state index is -0.886. The number of amides is 1. The van der Waals surface area contributed by atoms with Crippen LogP contribution in [0, 0.1) is 11.7 Å². The van der Waals surface area contributed by atoms with Crippen molar-refractivity contribution in [2.75, 3.05) is 31.6 Å². The number of halogens is 2. The molecule has 1 aliphatic carbocycles. The van der Waals surface area contributed by atoms with Crippen LogP contribution in [-0.4, -0.2) is 71.9 Å². The van der Waals surface area contributed by atoms with Gasteiger partial charge in [-0.1, -0.05) is 36.7 Å². The number of hydrogen-bond donors (Lipinski definition) is 1. The molecule has 1 aliphatic heterocycles. The fourth-order valence-electron chi connectivity index (χ4n) is 6.44. The topological polar surface area (TPSA) is 99.1 Å². The summed E-state index contributed by atoms with van der Waals surface area (Å²) in [4.78, 5) is 41.2. The van der Waals surface area contributed by atoms with Gasteiger partial charge in [-0.2, -0.15) is 0 Å². The molecule has 1 N–H and O–H groups in total. The Labute approximate surface area is 274 Å². The fraction of sp³-hybridized carbons (Fsp3) is 0.514. The zero-order chi connectivity index (χ0) is 32.8. The van der Waals surface area contributed by atoms with Crippen molar-refractivity contribution in [2.45, 2.75) is 77.2 Å². The van der Waals surface area contributed by atoms with Gasteiger partial charge >= 0.3 is 5.97 Å². The molecule has 1 aromatic heterocycles. The Bertz CT molecular complexity index is 1550. The Hall–Kier alpha value is -3.31. The van der Waals surface area contributed by atoms with Gasteiger partial charge in [-0.3, -0.25) is 19.3 Å². The van der Waals surface area contributed by atoms with Crippen LogP contribution < -0.4 is 5.32 Å². The van der Waals surface area contributed by atoms with Crippen molar-refractivity contribution in [1.82, 2.24) is 9.47 Å². The van der Waals surface area contributed by atoms with E-state index in [4.69, 9.17) is 25.8 Å². The molecule has 2 aromatic carbocycles. The van der Waals surface area contributed by atoms with E-state index in [2.05, 4.69) is 12.2 Å². The number of carbonyl (C=O) groups excluding carboxylic acids is 3. The normalized spacial score (nSPS) is 20.9. The lowest BCUT2D eigenvalue weighted by atomic mass is 9.87. The Morgan fingerprint density at radius 1 is 1.07 bits per heavy atom. The number of ether oxygens (including phenoxy) is 3. The molecule has 9 nitrogen and oxygen atoms in total. The van der Waals surface area contributed by atoms with E-state index in [1.807, 2.05) is 40.8 Å². The van der Waals surface area contributed by atoms with Gasteiger partial charge in [0.05, 0.1) is 41.0 Å². The van der Waals surface area contributed by atoms with Gasteiger partial charge in [0.1, 0.15) is 5.82 Å². The van der Waals surface area contributed by atoms with E-state index in [0.29, 0.717) is 57.6 Å². The zero-order valence-electron chi connectivity index (χ0n) is 26.7.